The van der Waals surface area contributed by atoms with Crippen molar-refractivity contribution in [1.82, 2.24) is 0 Å². The van der Waals surface area contributed by atoms with Gasteiger partial charge in [-0.1, -0.05) is 30.3 Å². The van der Waals surface area contributed by atoms with Crippen LogP contribution in [-0.4, -0.2) is 19.7 Å². The second-order valence-electron chi connectivity index (χ2n) is 5.30. The second-order valence-corrected chi connectivity index (χ2v) is 5.56. The first-order chi connectivity index (χ1) is 12.2. The number of hydrogen-bond acceptors (Lipinski definition) is 4. The first-order valence-corrected chi connectivity index (χ1v) is 8.43. The van der Waals surface area contributed by atoms with E-state index in [1.165, 1.54) is 24.8 Å². The number of ether oxygens (including phenoxy) is 2. The molecule has 0 amide bonds. The Morgan fingerprint density at radius 2 is 2.00 bits per heavy atom. The van der Waals surface area contributed by atoms with E-state index in [0.29, 0.717) is 22.8 Å². The zero-order valence-electron chi connectivity index (χ0n) is 14.0. The molecule has 0 atom stereocenters. The molecule has 0 aliphatic carbocycles. The van der Waals surface area contributed by atoms with Crippen molar-refractivity contribution >= 4 is 23.6 Å². The van der Waals surface area contributed by atoms with Gasteiger partial charge in [0.1, 0.15) is 5.88 Å². The highest BCUT2D eigenvalue weighted by molar-refractivity contribution is 6.16. The van der Waals surface area contributed by atoms with E-state index in [-0.39, 0.29) is 11.6 Å². The largest absolute Gasteiger partial charge is 0.618 e. The molecule has 0 aliphatic heterocycles. The van der Waals surface area contributed by atoms with Gasteiger partial charge in [0, 0.05) is 18.2 Å². The van der Waals surface area contributed by atoms with Crippen LogP contribution < -0.4 is 9.47 Å². The summed E-state index contributed by atoms with van der Waals surface area (Å²) in [6, 6.07) is 13.4. The fourth-order valence-corrected chi connectivity index (χ4v) is 2.47. The topological polar surface area (TPSA) is 62.5 Å². The average molecular weight is 362 g/mol. The molecule has 0 unspecified atom stereocenters. The number of benzene rings is 1. The minimum atomic E-state index is -0.550. The summed E-state index contributed by atoms with van der Waals surface area (Å²) in [6.45, 7) is 0.453. The van der Waals surface area contributed by atoms with Crippen molar-refractivity contribution in [1.29, 1.82) is 0 Å². The number of alkyl halides is 1. The van der Waals surface area contributed by atoms with Crippen molar-refractivity contribution in [3.8, 4) is 5.75 Å². The number of hydrogen-bond donors (Lipinski definition) is 0. The summed E-state index contributed by atoms with van der Waals surface area (Å²) in [5, 5.41) is 12.3. The molecule has 0 saturated carbocycles. The van der Waals surface area contributed by atoms with Crippen LogP contribution in [-0.2, 0) is 21.8 Å². The Morgan fingerprint density at radius 3 is 2.68 bits per heavy atom. The molecule has 0 spiro atoms. The molecule has 1 aromatic heterocycles. The van der Waals surface area contributed by atoms with Crippen molar-refractivity contribution < 1.29 is 19.0 Å². The van der Waals surface area contributed by atoms with Gasteiger partial charge in [-0.25, -0.2) is 4.79 Å². The van der Waals surface area contributed by atoms with Gasteiger partial charge in [0.15, 0.2) is 5.75 Å². The Hall–Kier alpha value is -2.53. The molecule has 6 heteroatoms. The number of aromatic nitrogens is 1. The van der Waals surface area contributed by atoms with Gasteiger partial charge in [-0.05, 0) is 24.5 Å². The minimum absolute atomic E-state index is 0.0663. The van der Waals surface area contributed by atoms with Crippen molar-refractivity contribution in [2.45, 2.75) is 18.7 Å². The molecule has 0 aliphatic rings. The van der Waals surface area contributed by atoms with Gasteiger partial charge >= 0.3 is 5.97 Å². The lowest BCUT2D eigenvalue weighted by Gasteiger charge is -2.11. The van der Waals surface area contributed by atoms with Crippen molar-refractivity contribution in [2.24, 2.45) is 0 Å². The third-order valence-corrected chi connectivity index (χ3v) is 3.86. The van der Waals surface area contributed by atoms with Gasteiger partial charge in [0.05, 0.1) is 13.7 Å². The fourth-order valence-electron chi connectivity index (χ4n) is 2.27. The van der Waals surface area contributed by atoms with Gasteiger partial charge in [0.25, 0.3) is 5.69 Å². The SMILES string of the molecule is COC(=O)/C=C/c1c(OCCCc2ccccc2)ccc(CCl)[n+]1[O-]. The second kappa shape index (κ2) is 9.69. The monoisotopic (exact) mass is 361 g/mol. The summed E-state index contributed by atoms with van der Waals surface area (Å²) >= 11 is 5.76. The van der Waals surface area contributed by atoms with Crippen molar-refractivity contribution in [3.63, 3.8) is 0 Å². The number of pyridine rings is 1. The summed E-state index contributed by atoms with van der Waals surface area (Å²) in [5.74, 6) is -0.0833. The Balaban J connectivity index is 2.06. The number of carbonyl (C=O) groups excluding carboxylic acids is 1. The van der Waals surface area contributed by atoms with Gasteiger partial charge in [-0.15, -0.1) is 11.6 Å². The number of nitrogens with zero attached hydrogens (tertiary/aromatic N) is 1. The number of halogens is 1. The molecule has 5 nitrogen and oxygen atoms in total. The lowest BCUT2D eigenvalue weighted by Crippen LogP contribution is -2.35. The van der Waals surface area contributed by atoms with Gasteiger partial charge in [-0.2, -0.15) is 4.73 Å². The molecule has 0 bridgehead atoms. The summed E-state index contributed by atoms with van der Waals surface area (Å²) in [7, 11) is 1.27. The van der Waals surface area contributed by atoms with Crippen molar-refractivity contribution in [3.05, 3.63) is 70.7 Å². The van der Waals surface area contributed by atoms with E-state index in [4.69, 9.17) is 16.3 Å². The van der Waals surface area contributed by atoms with Crippen LogP contribution >= 0.6 is 11.6 Å². The van der Waals surface area contributed by atoms with Crippen LogP contribution in [0.15, 0.2) is 48.5 Å². The van der Waals surface area contributed by atoms with Gasteiger partial charge in [0.2, 0.25) is 5.69 Å². The van der Waals surface area contributed by atoms with Crippen LogP contribution in [0, 0.1) is 5.21 Å². The number of methoxy groups -OCH3 is 1. The molecular weight excluding hydrogens is 342 g/mol. The highest BCUT2D eigenvalue weighted by atomic mass is 35.5. The molecule has 0 fully saturated rings. The molecule has 0 N–H and O–H groups in total. The summed E-state index contributed by atoms with van der Waals surface area (Å²) in [4.78, 5) is 11.3. The molecule has 1 aromatic carbocycles. The standard InChI is InChI=1S/C19H20ClNO4/c1-24-19(22)12-10-17-18(11-9-16(14-20)21(17)23)25-13-5-8-15-6-3-2-4-7-15/h2-4,6-7,9-12H,5,8,13-14H2,1H3/b12-10+. The third-order valence-electron chi connectivity index (χ3n) is 3.58. The zero-order chi connectivity index (χ0) is 18.1. The molecule has 25 heavy (non-hydrogen) atoms. The molecule has 132 valence electrons. The minimum Gasteiger partial charge on any atom is -0.618 e. The van der Waals surface area contributed by atoms with Crippen LogP contribution in [0.4, 0.5) is 0 Å². The first kappa shape index (κ1) is 18.8. The Kier molecular flexibility index (Phi) is 7.29. The average Bonchev–Trinajstić information content (AvgIpc) is 2.65. The quantitative estimate of drug-likeness (QED) is 0.181. The van der Waals surface area contributed by atoms with E-state index in [1.807, 2.05) is 18.2 Å². The molecule has 2 aromatic rings. The lowest BCUT2D eigenvalue weighted by atomic mass is 10.1. The van der Waals surface area contributed by atoms with Crippen LogP contribution in [0.3, 0.4) is 0 Å². The Labute approximate surface area is 152 Å². The van der Waals surface area contributed by atoms with E-state index >= 15 is 0 Å². The predicted octanol–water partition coefficient (Wildman–Crippen LogP) is 3.26. The van der Waals surface area contributed by atoms with Crippen LogP contribution in [0.5, 0.6) is 5.75 Å². The first-order valence-electron chi connectivity index (χ1n) is 7.90. The van der Waals surface area contributed by atoms with Crippen LogP contribution in [0.1, 0.15) is 23.4 Å². The van der Waals surface area contributed by atoms with E-state index < -0.39 is 5.97 Å². The molecule has 0 radical (unpaired) electrons. The highest BCUT2D eigenvalue weighted by Gasteiger charge is 2.16. The van der Waals surface area contributed by atoms with E-state index in [0.717, 1.165) is 12.8 Å². The van der Waals surface area contributed by atoms with Crippen molar-refractivity contribution in [2.75, 3.05) is 13.7 Å². The van der Waals surface area contributed by atoms with Crippen LogP contribution in [0.2, 0.25) is 0 Å². The summed E-state index contributed by atoms with van der Waals surface area (Å²) in [6.07, 6.45) is 4.24. The van der Waals surface area contributed by atoms with E-state index in [1.54, 1.807) is 12.1 Å². The smallest absolute Gasteiger partial charge is 0.330 e. The number of esters is 1. The normalized spacial score (nSPS) is 10.8. The maximum absolute atomic E-state index is 12.3. The van der Waals surface area contributed by atoms with Crippen LogP contribution in [0.25, 0.3) is 6.08 Å². The Bertz CT molecular complexity index is 732. The fraction of sp³-hybridized carbons (Fsp3) is 0.263. The molecule has 1 heterocycles. The van der Waals surface area contributed by atoms with E-state index in [2.05, 4.69) is 16.9 Å². The predicted molar refractivity (Wildman–Crippen MR) is 96.3 cm³/mol. The van der Waals surface area contributed by atoms with E-state index in [9.17, 15) is 10.0 Å². The summed E-state index contributed by atoms with van der Waals surface area (Å²) in [5.41, 5.74) is 1.83. The third kappa shape index (κ3) is 5.50. The highest BCUT2D eigenvalue weighted by Crippen LogP contribution is 2.18. The number of carbonyl (C=O) groups is 1. The number of rotatable bonds is 8. The zero-order valence-corrected chi connectivity index (χ0v) is 14.7. The molecule has 2 rings (SSSR count). The lowest BCUT2D eigenvalue weighted by molar-refractivity contribution is -0.615. The molecule has 0 saturated heterocycles. The maximum Gasteiger partial charge on any atom is 0.330 e. The van der Waals surface area contributed by atoms with Gasteiger partial charge in [-0.3, -0.25) is 0 Å². The van der Waals surface area contributed by atoms with Gasteiger partial charge < -0.3 is 14.7 Å². The maximum atomic E-state index is 12.3. The summed E-state index contributed by atoms with van der Waals surface area (Å²) < 4.78 is 11.0. The molecular formula is C19H20ClNO4. The Morgan fingerprint density at radius 1 is 1.24 bits per heavy atom. The number of aryl methyl sites for hydroxylation is 1.